The van der Waals surface area contributed by atoms with Crippen molar-refractivity contribution in [3.8, 4) is 17.2 Å². The number of phenols is 1. The molecule has 0 amide bonds. The molecule has 4 nitrogen and oxygen atoms in total. The van der Waals surface area contributed by atoms with Gasteiger partial charge in [-0.15, -0.1) is 0 Å². The van der Waals surface area contributed by atoms with E-state index in [0.717, 1.165) is 56.7 Å². The molecule has 4 heteroatoms. The Bertz CT molecular complexity index is 1310. The molecule has 5 rings (SSSR count). The molecule has 4 aromatic rings. The molecule has 1 atom stereocenters. The fraction of sp³-hybridized carbons (Fsp3) is 0.179. The van der Waals surface area contributed by atoms with Gasteiger partial charge in [0.2, 0.25) is 0 Å². The molecule has 1 aliphatic heterocycles. The number of hydrogen-bond donors (Lipinski definition) is 1. The maximum absolute atomic E-state index is 10.2. The highest BCUT2D eigenvalue weighted by atomic mass is 16.5. The molecule has 160 valence electrons. The van der Waals surface area contributed by atoms with E-state index < -0.39 is 0 Å². The predicted molar refractivity (Wildman–Crippen MR) is 128 cm³/mol. The number of hydrogen-bond acceptors (Lipinski definition) is 4. The first-order valence-corrected chi connectivity index (χ1v) is 10.9. The van der Waals surface area contributed by atoms with Crippen molar-refractivity contribution in [2.24, 2.45) is 0 Å². The number of aromatic nitrogens is 1. The number of allylic oxidation sites excluding steroid dienone is 1. The molecule has 1 aromatic heterocycles. The highest BCUT2D eigenvalue weighted by molar-refractivity contribution is 6.04. The molecule has 0 fully saturated rings. The molecule has 32 heavy (non-hydrogen) atoms. The fourth-order valence-corrected chi connectivity index (χ4v) is 4.37. The molecule has 1 N–H and O–H groups in total. The Kier molecular flexibility index (Phi) is 5.28. The Balaban J connectivity index is 1.68. The molecular formula is C28H25NO3. The Labute approximate surface area is 187 Å². The van der Waals surface area contributed by atoms with Crippen LogP contribution in [0, 0.1) is 0 Å². The number of ether oxygens (including phenoxy) is 2. The quantitative estimate of drug-likeness (QED) is 0.384. The van der Waals surface area contributed by atoms with Crippen molar-refractivity contribution in [3.63, 3.8) is 0 Å². The van der Waals surface area contributed by atoms with Gasteiger partial charge in [-0.1, -0.05) is 37.3 Å². The van der Waals surface area contributed by atoms with Crippen molar-refractivity contribution >= 4 is 22.0 Å². The largest absolute Gasteiger partial charge is 0.508 e. The lowest BCUT2D eigenvalue weighted by Crippen LogP contribution is -2.16. The third-order valence-electron chi connectivity index (χ3n) is 5.85. The smallest absolute Gasteiger partial charge is 0.150 e. The number of pyridine rings is 1. The van der Waals surface area contributed by atoms with Gasteiger partial charge in [-0.2, -0.15) is 0 Å². The molecule has 0 saturated heterocycles. The van der Waals surface area contributed by atoms with Crippen LogP contribution < -0.4 is 9.47 Å². The summed E-state index contributed by atoms with van der Waals surface area (Å²) in [4.78, 5) is 4.51. The predicted octanol–water partition coefficient (Wildman–Crippen LogP) is 6.79. The van der Waals surface area contributed by atoms with Crippen molar-refractivity contribution in [2.75, 3.05) is 6.61 Å². The average molecular weight is 424 g/mol. The minimum absolute atomic E-state index is 0.232. The van der Waals surface area contributed by atoms with Gasteiger partial charge < -0.3 is 14.6 Å². The second-order valence-corrected chi connectivity index (χ2v) is 8.01. The van der Waals surface area contributed by atoms with E-state index in [9.17, 15) is 5.11 Å². The van der Waals surface area contributed by atoms with E-state index in [2.05, 4.69) is 37.0 Å². The van der Waals surface area contributed by atoms with Crippen LogP contribution in [0.25, 0.3) is 22.0 Å². The van der Waals surface area contributed by atoms with Crippen molar-refractivity contribution in [1.29, 1.82) is 0 Å². The number of fused-ring (bicyclic) bond motifs is 3. The maximum Gasteiger partial charge on any atom is 0.150 e. The summed E-state index contributed by atoms with van der Waals surface area (Å²) >= 11 is 0. The SMILES string of the molecule is CCCOc1ccc(C2Oc3ccc4ncccc4c3C(C)=C2c2cccc(O)c2)cc1. The third kappa shape index (κ3) is 3.58. The van der Waals surface area contributed by atoms with Crippen LogP contribution in [0.2, 0.25) is 0 Å². The van der Waals surface area contributed by atoms with Crippen molar-refractivity contribution in [1.82, 2.24) is 4.98 Å². The molecule has 2 heterocycles. The lowest BCUT2D eigenvalue weighted by atomic mass is 9.85. The highest BCUT2D eigenvalue weighted by Gasteiger charge is 2.30. The van der Waals surface area contributed by atoms with Gasteiger partial charge in [0.25, 0.3) is 0 Å². The first kappa shape index (κ1) is 20.1. The Hall–Kier alpha value is -3.79. The van der Waals surface area contributed by atoms with Crippen molar-refractivity contribution in [2.45, 2.75) is 26.4 Å². The number of phenolic OH excluding ortho intramolecular Hbond substituents is 1. The second kappa shape index (κ2) is 8.39. The highest BCUT2D eigenvalue weighted by Crippen LogP contribution is 2.48. The van der Waals surface area contributed by atoms with Crippen LogP contribution in [0.3, 0.4) is 0 Å². The zero-order valence-electron chi connectivity index (χ0n) is 18.2. The minimum atomic E-state index is -0.307. The van der Waals surface area contributed by atoms with Crippen molar-refractivity contribution < 1.29 is 14.6 Å². The lowest BCUT2D eigenvalue weighted by molar-refractivity contribution is 0.260. The summed E-state index contributed by atoms with van der Waals surface area (Å²) in [6.45, 7) is 4.91. The number of nitrogens with zero attached hydrogens (tertiary/aromatic N) is 1. The van der Waals surface area contributed by atoms with Gasteiger partial charge in [0.1, 0.15) is 23.4 Å². The number of benzene rings is 3. The van der Waals surface area contributed by atoms with Gasteiger partial charge in [0.05, 0.1) is 12.1 Å². The molecule has 0 aliphatic carbocycles. The van der Waals surface area contributed by atoms with Gasteiger partial charge in [-0.05, 0) is 72.5 Å². The number of rotatable bonds is 5. The van der Waals surface area contributed by atoms with Crippen LogP contribution in [0.4, 0.5) is 0 Å². The monoisotopic (exact) mass is 423 g/mol. The summed E-state index contributed by atoms with van der Waals surface area (Å²) in [5.74, 6) is 1.92. The summed E-state index contributed by atoms with van der Waals surface area (Å²) in [7, 11) is 0. The summed E-state index contributed by atoms with van der Waals surface area (Å²) in [6, 6.07) is 23.5. The lowest BCUT2D eigenvalue weighted by Gasteiger charge is -2.32. The van der Waals surface area contributed by atoms with E-state index in [1.54, 1.807) is 18.3 Å². The molecule has 1 aliphatic rings. The van der Waals surface area contributed by atoms with Crippen LogP contribution in [0.5, 0.6) is 17.2 Å². The van der Waals surface area contributed by atoms with Gasteiger partial charge >= 0.3 is 0 Å². The fourth-order valence-electron chi connectivity index (χ4n) is 4.37. The van der Waals surface area contributed by atoms with Crippen LogP contribution in [-0.2, 0) is 0 Å². The zero-order chi connectivity index (χ0) is 22.1. The maximum atomic E-state index is 10.2. The van der Waals surface area contributed by atoms with E-state index in [1.165, 1.54) is 0 Å². The molecule has 0 saturated carbocycles. The average Bonchev–Trinajstić information content (AvgIpc) is 2.82. The Morgan fingerprint density at radius 3 is 2.62 bits per heavy atom. The standard InChI is InChI=1S/C28H25NO3/c1-3-16-31-22-11-9-19(10-12-22)28-26(20-6-4-7-21(30)17-20)18(2)27-23-8-5-15-29-24(23)13-14-25(27)32-28/h4-15,17,28,30H,3,16H2,1-2H3. The normalized spacial score (nSPS) is 15.4. The van der Waals surface area contributed by atoms with Crippen LogP contribution in [-0.4, -0.2) is 16.7 Å². The van der Waals surface area contributed by atoms with Gasteiger partial charge in [-0.3, -0.25) is 4.98 Å². The summed E-state index contributed by atoms with van der Waals surface area (Å²) < 4.78 is 12.4. The second-order valence-electron chi connectivity index (χ2n) is 8.01. The Morgan fingerprint density at radius 1 is 1.00 bits per heavy atom. The Morgan fingerprint density at radius 2 is 1.84 bits per heavy atom. The van der Waals surface area contributed by atoms with Crippen LogP contribution in [0.1, 0.15) is 43.1 Å². The molecule has 0 spiro atoms. The molecular weight excluding hydrogens is 398 g/mol. The van der Waals surface area contributed by atoms with Crippen LogP contribution >= 0.6 is 0 Å². The minimum Gasteiger partial charge on any atom is -0.508 e. The first-order chi connectivity index (χ1) is 15.7. The molecule has 0 radical (unpaired) electrons. The van der Waals surface area contributed by atoms with E-state index in [-0.39, 0.29) is 11.9 Å². The van der Waals surface area contributed by atoms with Crippen LogP contribution in [0.15, 0.2) is 79.0 Å². The number of aromatic hydroxyl groups is 1. The van der Waals surface area contributed by atoms with Crippen molar-refractivity contribution in [3.05, 3.63) is 95.7 Å². The summed E-state index contributed by atoms with van der Waals surface area (Å²) in [6.07, 6.45) is 2.47. The molecule has 3 aromatic carbocycles. The molecule has 1 unspecified atom stereocenters. The van der Waals surface area contributed by atoms with E-state index in [1.807, 2.05) is 42.5 Å². The van der Waals surface area contributed by atoms with E-state index in [0.29, 0.717) is 6.61 Å². The summed E-state index contributed by atoms with van der Waals surface area (Å²) in [5.41, 5.74) is 6.10. The zero-order valence-corrected chi connectivity index (χ0v) is 18.2. The molecule has 0 bridgehead atoms. The van der Waals surface area contributed by atoms with Gasteiger partial charge in [0.15, 0.2) is 0 Å². The summed E-state index contributed by atoms with van der Waals surface area (Å²) in [5, 5.41) is 11.2. The van der Waals surface area contributed by atoms with Gasteiger partial charge in [-0.25, -0.2) is 0 Å². The third-order valence-corrected chi connectivity index (χ3v) is 5.85. The van der Waals surface area contributed by atoms with E-state index in [4.69, 9.17) is 9.47 Å². The first-order valence-electron chi connectivity index (χ1n) is 10.9. The van der Waals surface area contributed by atoms with E-state index >= 15 is 0 Å². The topological polar surface area (TPSA) is 51.6 Å². The van der Waals surface area contributed by atoms with Gasteiger partial charge in [0, 0.05) is 22.7 Å².